The zero-order valence-electron chi connectivity index (χ0n) is 16.9. The van der Waals surface area contributed by atoms with E-state index in [-0.39, 0.29) is 22.9 Å². The van der Waals surface area contributed by atoms with Crippen LogP contribution in [0.25, 0.3) is 0 Å². The van der Waals surface area contributed by atoms with Crippen molar-refractivity contribution >= 4 is 5.69 Å². The van der Waals surface area contributed by atoms with Gasteiger partial charge in [0, 0.05) is 38.4 Å². The van der Waals surface area contributed by atoms with E-state index in [2.05, 4.69) is 0 Å². The van der Waals surface area contributed by atoms with Gasteiger partial charge in [-0.15, -0.1) is 0 Å². The van der Waals surface area contributed by atoms with Crippen LogP contribution in [0.4, 0.5) is 14.5 Å². The van der Waals surface area contributed by atoms with Crippen molar-refractivity contribution in [1.29, 1.82) is 0 Å². The maximum atomic E-state index is 14.1. The van der Waals surface area contributed by atoms with Gasteiger partial charge in [0.25, 0.3) is 0 Å². The van der Waals surface area contributed by atoms with Crippen LogP contribution in [-0.2, 0) is 5.11 Å². The molecule has 0 amide bonds. The Morgan fingerprint density at radius 3 is 2.00 bits per heavy atom. The molecule has 6 nitrogen and oxygen atoms in total. The molecule has 0 fully saturated rings. The van der Waals surface area contributed by atoms with Crippen LogP contribution >= 0.6 is 0 Å². The monoisotopic (exact) mass is 416 g/mol. The van der Waals surface area contributed by atoms with Gasteiger partial charge in [-0.25, -0.2) is 8.78 Å². The van der Waals surface area contributed by atoms with Crippen molar-refractivity contribution in [2.45, 2.75) is 0 Å². The average Bonchev–Trinajstić information content (AvgIpc) is 2.72. The van der Waals surface area contributed by atoms with E-state index in [1.807, 2.05) is 0 Å². The molecule has 0 N–H and O–H groups in total. The highest BCUT2D eigenvalue weighted by molar-refractivity contribution is 5.73. The van der Waals surface area contributed by atoms with E-state index in [9.17, 15) is 13.9 Å². The van der Waals surface area contributed by atoms with Crippen LogP contribution < -0.4 is 23.8 Å². The number of halogens is 2. The molecule has 0 saturated heterocycles. The highest BCUT2D eigenvalue weighted by Crippen LogP contribution is 2.47. The topological polar surface area (TPSA) is 60.1 Å². The molecule has 3 aromatic rings. The Balaban J connectivity index is 2.07. The van der Waals surface area contributed by atoms with Gasteiger partial charge in [-0.2, -0.15) is 0 Å². The third-order valence-corrected chi connectivity index (χ3v) is 4.16. The van der Waals surface area contributed by atoms with Crippen molar-refractivity contribution < 1.29 is 32.8 Å². The molecular formula is C22H20F2NO5. The summed E-state index contributed by atoms with van der Waals surface area (Å²) < 4.78 is 49.5. The number of nitrogens with zero attached hydrogens (tertiary/aromatic N) is 1. The summed E-state index contributed by atoms with van der Waals surface area (Å²) in [6.45, 7) is 0. The summed E-state index contributed by atoms with van der Waals surface area (Å²) in [6.07, 6.45) is 0. The Morgan fingerprint density at radius 1 is 0.767 bits per heavy atom. The smallest absolute Gasteiger partial charge is 0.223 e. The normalized spacial score (nSPS) is 10.5. The Morgan fingerprint density at radius 2 is 1.40 bits per heavy atom. The van der Waals surface area contributed by atoms with Crippen LogP contribution in [0.5, 0.6) is 40.2 Å². The van der Waals surface area contributed by atoms with Crippen molar-refractivity contribution in [3.05, 3.63) is 60.2 Å². The number of benzene rings is 3. The van der Waals surface area contributed by atoms with Crippen LogP contribution in [0.2, 0.25) is 0 Å². The van der Waals surface area contributed by atoms with Crippen LogP contribution in [0, 0.1) is 11.6 Å². The summed E-state index contributed by atoms with van der Waals surface area (Å²) in [5.74, 6) is -0.835. The molecule has 0 aliphatic rings. The quantitative estimate of drug-likeness (QED) is 0.489. The van der Waals surface area contributed by atoms with E-state index in [0.29, 0.717) is 17.2 Å². The van der Waals surface area contributed by atoms with Crippen molar-refractivity contribution in [2.24, 2.45) is 0 Å². The fourth-order valence-corrected chi connectivity index (χ4v) is 2.77. The number of methoxy groups -OCH3 is 2. The van der Waals surface area contributed by atoms with Gasteiger partial charge in [0.1, 0.15) is 28.8 Å². The standard InChI is InChI=1S/C22H20F2NO5/c1-25(2)21-19(30-20-9-13(23)5-6-17(20)24)8-7-18(26)22(21)29-16-11-14(27-3)10-15(12-16)28-4/h5-12H,1-4H3. The predicted molar refractivity (Wildman–Crippen MR) is 107 cm³/mol. The van der Waals surface area contributed by atoms with Crippen LogP contribution in [0.3, 0.4) is 0 Å². The second-order valence-electron chi connectivity index (χ2n) is 6.46. The first-order valence-corrected chi connectivity index (χ1v) is 8.87. The molecule has 3 rings (SSSR count). The number of rotatable bonds is 7. The Labute approximate surface area is 172 Å². The van der Waals surface area contributed by atoms with Gasteiger partial charge in [-0.05, 0) is 24.3 Å². The predicted octanol–water partition coefficient (Wildman–Crippen LogP) is 5.78. The molecule has 8 heteroatoms. The highest BCUT2D eigenvalue weighted by atomic mass is 19.1. The second kappa shape index (κ2) is 8.77. The molecule has 0 aliphatic heterocycles. The molecule has 30 heavy (non-hydrogen) atoms. The molecule has 0 aromatic heterocycles. The molecular weight excluding hydrogens is 396 g/mol. The Kier molecular flexibility index (Phi) is 6.15. The maximum Gasteiger partial charge on any atom is 0.223 e. The van der Waals surface area contributed by atoms with Crippen molar-refractivity contribution in [1.82, 2.24) is 0 Å². The van der Waals surface area contributed by atoms with Crippen LogP contribution in [0.15, 0.2) is 48.5 Å². The minimum absolute atomic E-state index is 0.0513. The van der Waals surface area contributed by atoms with Gasteiger partial charge in [0.15, 0.2) is 17.3 Å². The van der Waals surface area contributed by atoms with Gasteiger partial charge < -0.3 is 23.8 Å². The Hall–Kier alpha value is -3.68. The van der Waals surface area contributed by atoms with Gasteiger partial charge in [-0.1, -0.05) is 0 Å². The van der Waals surface area contributed by atoms with Crippen molar-refractivity contribution in [2.75, 3.05) is 33.2 Å². The number of hydrogen-bond acceptors (Lipinski definition) is 5. The molecule has 0 bridgehead atoms. The first kappa shape index (κ1) is 21.0. The molecule has 0 spiro atoms. The van der Waals surface area contributed by atoms with E-state index in [1.165, 1.54) is 26.4 Å². The second-order valence-corrected chi connectivity index (χ2v) is 6.46. The number of hydrogen-bond donors (Lipinski definition) is 0. The number of anilines is 1. The molecule has 3 aromatic carbocycles. The summed E-state index contributed by atoms with van der Waals surface area (Å²) >= 11 is 0. The summed E-state index contributed by atoms with van der Waals surface area (Å²) in [7, 11) is 6.32. The fourth-order valence-electron chi connectivity index (χ4n) is 2.77. The minimum atomic E-state index is -0.743. The summed E-state index contributed by atoms with van der Waals surface area (Å²) in [6, 6.07) is 10.3. The van der Waals surface area contributed by atoms with Crippen LogP contribution in [0.1, 0.15) is 0 Å². The summed E-state index contributed by atoms with van der Waals surface area (Å²) in [5.41, 5.74) is 0.257. The first-order chi connectivity index (χ1) is 14.3. The Bertz CT molecular complexity index is 1030. The average molecular weight is 416 g/mol. The maximum absolute atomic E-state index is 14.1. The van der Waals surface area contributed by atoms with E-state index in [0.717, 1.165) is 18.2 Å². The zero-order valence-corrected chi connectivity index (χ0v) is 16.9. The lowest BCUT2D eigenvalue weighted by molar-refractivity contribution is 0.326. The molecule has 0 unspecified atom stereocenters. The highest BCUT2D eigenvalue weighted by Gasteiger charge is 2.22. The first-order valence-electron chi connectivity index (χ1n) is 8.87. The zero-order chi connectivity index (χ0) is 21.8. The van der Waals surface area contributed by atoms with Crippen molar-refractivity contribution in [3.63, 3.8) is 0 Å². The van der Waals surface area contributed by atoms with E-state index in [1.54, 1.807) is 37.2 Å². The van der Waals surface area contributed by atoms with Gasteiger partial charge in [0.2, 0.25) is 11.5 Å². The molecule has 0 atom stereocenters. The lowest BCUT2D eigenvalue weighted by Crippen LogP contribution is -2.11. The van der Waals surface area contributed by atoms with E-state index < -0.39 is 17.4 Å². The number of ether oxygens (including phenoxy) is 4. The minimum Gasteiger partial charge on any atom is -0.496 e. The van der Waals surface area contributed by atoms with E-state index in [4.69, 9.17) is 18.9 Å². The molecule has 0 aliphatic carbocycles. The van der Waals surface area contributed by atoms with E-state index >= 15 is 0 Å². The SMILES string of the molecule is COc1cc(OC)cc(Oc2c([O])ccc(Oc3cc(F)ccc3F)c2N(C)C)c1. The largest absolute Gasteiger partial charge is 0.496 e. The van der Waals surface area contributed by atoms with Gasteiger partial charge in [0.05, 0.1) is 14.2 Å². The summed E-state index contributed by atoms with van der Waals surface area (Å²) in [4.78, 5) is 1.58. The lowest BCUT2D eigenvalue weighted by atomic mass is 10.2. The van der Waals surface area contributed by atoms with Gasteiger partial charge in [-0.3, -0.25) is 5.11 Å². The molecule has 157 valence electrons. The molecule has 0 heterocycles. The van der Waals surface area contributed by atoms with Crippen molar-refractivity contribution in [3.8, 4) is 40.2 Å². The molecule has 1 radical (unpaired) electrons. The van der Waals surface area contributed by atoms with Crippen LogP contribution in [-0.4, -0.2) is 28.3 Å². The molecule has 0 saturated carbocycles. The van der Waals surface area contributed by atoms with Gasteiger partial charge >= 0.3 is 0 Å². The third kappa shape index (κ3) is 4.48. The fraction of sp³-hybridized carbons (Fsp3) is 0.182. The lowest BCUT2D eigenvalue weighted by Gasteiger charge is -2.22. The third-order valence-electron chi connectivity index (χ3n) is 4.16. The summed E-state index contributed by atoms with van der Waals surface area (Å²) in [5, 5.41) is 12.6.